The van der Waals surface area contributed by atoms with Gasteiger partial charge in [0.1, 0.15) is 30.4 Å². The lowest BCUT2D eigenvalue weighted by Crippen LogP contribution is -2.37. The van der Waals surface area contributed by atoms with Crippen LogP contribution in [0.3, 0.4) is 0 Å². The molecule has 3 aromatic carbocycles. The number of aromatic nitrogens is 1. The number of anilines is 1. The summed E-state index contributed by atoms with van der Waals surface area (Å²) in [6, 6.07) is 21.7. The normalized spacial score (nSPS) is 10.6. The molecular weight excluding hydrogens is 494 g/mol. The third-order valence-electron chi connectivity index (χ3n) is 5.45. The van der Waals surface area contributed by atoms with Gasteiger partial charge < -0.3 is 24.2 Å². The molecule has 0 aliphatic rings. The van der Waals surface area contributed by atoms with Gasteiger partial charge in [0.2, 0.25) is 0 Å². The first-order valence-corrected chi connectivity index (χ1v) is 12.3. The van der Waals surface area contributed by atoms with Crippen molar-refractivity contribution in [3.05, 3.63) is 78.4 Å². The van der Waals surface area contributed by atoms with Gasteiger partial charge in [-0.2, -0.15) is 0 Å². The molecule has 0 fully saturated rings. The molecule has 1 heterocycles. The minimum atomic E-state index is -1.14. The second-order valence-corrected chi connectivity index (χ2v) is 9.18. The Balaban J connectivity index is 1.30. The SMILES string of the molecule is COc1ccc(OC(=O)N(CC(=O)O)Cc2ccc(OCCN(C)c3nc4ccccc4s3)cc2)cc1. The van der Waals surface area contributed by atoms with Crippen LogP contribution in [-0.2, 0) is 11.3 Å². The van der Waals surface area contributed by atoms with Crippen molar-refractivity contribution in [2.75, 3.05) is 38.8 Å². The Morgan fingerprint density at radius 2 is 1.62 bits per heavy atom. The maximum absolute atomic E-state index is 12.6. The van der Waals surface area contributed by atoms with Gasteiger partial charge in [-0.1, -0.05) is 35.6 Å². The number of para-hydroxylation sites is 1. The molecule has 0 radical (unpaired) electrons. The molecule has 0 atom stereocenters. The lowest BCUT2D eigenvalue weighted by molar-refractivity contribution is -0.138. The van der Waals surface area contributed by atoms with Gasteiger partial charge in [0, 0.05) is 13.6 Å². The number of carboxylic acid groups (broad SMARTS) is 1. The van der Waals surface area contributed by atoms with Gasteiger partial charge in [-0.15, -0.1) is 0 Å². The smallest absolute Gasteiger partial charge is 0.416 e. The number of hydrogen-bond acceptors (Lipinski definition) is 8. The molecule has 37 heavy (non-hydrogen) atoms. The maximum atomic E-state index is 12.6. The Labute approximate surface area is 218 Å². The van der Waals surface area contributed by atoms with E-state index in [0.717, 1.165) is 25.8 Å². The van der Waals surface area contributed by atoms with Crippen LogP contribution in [0, 0.1) is 0 Å². The maximum Gasteiger partial charge on any atom is 0.416 e. The minimum Gasteiger partial charge on any atom is -0.497 e. The summed E-state index contributed by atoms with van der Waals surface area (Å²) in [5.41, 5.74) is 1.72. The number of carbonyl (C=O) groups excluding carboxylic acids is 1. The molecule has 0 aliphatic carbocycles. The van der Waals surface area contributed by atoms with Crippen LogP contribution in [0.25, 0.3) is 10.2 Å². The summed E-state index contributed by atoms with van der Waals surface area (Å²) < 4.78 is 17.4. The highest BCUT2D eigenvalue weighted by molar-refractivity contribution is 7.22. The van der Waals surface area contributed by atoms with E-state index in [1.165, 1.54) is 7.11 Å². The summed E-state index contributed by atoms with van der Waals surface area (Å²) in [6.45, 7) is 0.698. The summed E-state index contributed by atoms with van der Waals surface area (Å²) in [7, 11) is 3.51. The average molecular weight is 522 g/mol. The van der Waals surface area contributed by atoms with Crippen LogP contribution in [0.15, 0.2) is 72.8 Å². The number of carboxylic acids is 1. The number of nitrogens with zero attached hydrogens (tertiary/aromatic N) is 3. The van der Waals surface area contributed by atoms with Crippen LogP contribution in [0.5, 0.6) is 17.2 Å². The largest absolute Gasteiger partial charge is 0.497 e. The lowest BCUT2D eigenvalue weighted by atomic mass is 10.2. The molecule has 1 aromatic heterocycles. The Bertz CT molecular complexity index is 1310. The van der Waals surface area contributed by atoms with Crippen LogP contribution in [0.1, 0.15) is 5.56 Å². The van der Waals surface area contributed by atoms with E-state index in [1.54, 1.807) is 59.9 Å². The average Bonchev–Trinajstić information content (AvgIpc) is 3.34. The van der Waals surface area contributed by atoms with Gasteiger partial charge in [-0.3, -0.25) is 9.69 Å². The third-order valence-corrected chi connectivity index (χ3v) is 6.60. The summed E-state index contributed by atoms with van der Waals surface area (Å²) in [5.74, 6) is 0.449. The Morgan fingerprint density at radius 3 is 2.30 bits per heavy atom. The summed E-state index contributed by atoms with van der Waals surface area (Å²) in [4.78, 5) is 31.8. The fourth-order valence-corrected chi connectivity index (χ4v) is 4.44. The summed E-state index contributed by atoms with van der Waals surface area (Å²) in [5, 5.41) is 10.2. The molecule has 10 heteroatoms. The second kappa shape index (κ2) is 12.1. The lowest BCUT2D eigenvalue weighted by Gasteiger charge is -2.20. The highest BCUT2D eigenvalue weighted by atomic mass is 32.1. The Hall–Kier alpha value is -4.31. The van der Waals surface area contributed by atoms with E-state index in [9.17, 15) is 14.7 Å². The molecule has 0 saturated heterocycles. The van der Waals surface area contributed by atoms with Crippen molar-refractivity contribution in [2.45, 2.75) is 6.54 Å². The van der Waals surface area contributed by atoms with E-state index in [4.69, 9.17) is 14.2 Å². The van der Waals surface area contributed by atoms with E-state index in [2.05, 4.69) is 16.0 Å². The molecule has 0 saturated carbocycles. The molecular formula is C27H27N3O6S. The molecule has 0 aliphatic heterocycles. The molecule has 9 nitrogen and oxygen atoms in total. The van der Waals surface area contributed by atoms with Crippen molar-refractivity contribution < 1.29 is 28.9 Å². The molecule has 0 unspecified atom stereocenters. The van der Waals surface area contributed by atoms with Gasteiger partial charge in [0.15, 0.2) is 5.13 Å². The molecule has 1 N–H and O–H groups in total. The van der Waals surface area contributed by atoms with Crippen LogP contribution < -0.4 is 19.1 Å². The number of ether oxygens (including phenoxy) is 3. The molecule has 192 valence electrons. The van der Waals surface area contributed by atoms with Crippen LogP contribution in [0.2, 0.25) is 0 Å². The molecule has 4 aromatic rings. The zero-order valence-electron chi connectivity index (χ0n) is 20.5. The van der Waals surface area contributed by atoms with E-state index < -0.39 is 18.6 Å². The monoisotopic (exact) mass is 521 g/mol. The number of benzene rings is 3. The number of hydrogen-bond donors (Lipinski definition) is 1. The van der Waals surface area contributed by atoms with Crippen molar-refractivity contribution in [1.29, 1.82) is 0 Å². The van der Waals surface area contributed by atoms with E-state index in [-0.39, 0.29) is 6.54 Å². The van der Waals surface area contributed by atoms with Crippen molar-refractivity contribution in [3.63, 3.8) is 0 Å². The van der Waals surface area contributed by atoms with Gasteiger partial charge in [0.05, 0.1) is 23.9 Å². The van der Waals surface area contributed by atoms with E-state index in [0.29, 0.717) is 30.4 Å². The third kappa shape index (κ3) is 7.11. The van der Waals surface area contributed by atoms with E-state index in [1.807, 2.05) is 25.2 Å². The highest BCUT2D eigenvalue weighted by Crippen LogP contribution is 2.27. The number of aliphatic carboxylic acids is 1. The quantitative estimate of drug-likeness (QED) is 0.297. The fraction of sp³-hybridized carbons (Fsp3) is 0.222. The van der Waals surface area contributed by atoms with E-state index >= 15 is 0 Å². The predicted molar refractivity (Wildman–Crippen MR) is 142 cm³/mol. The Morgan fingerprint density at radius 1 is 0.946 bits per heavy atom. The second-order valence-electron chi connectivity index (χ2n) is 8.17. The molecule has 4 rings (SSSR count). The van der Waals surface area contributed by atoms with Crippen molar-refractivity contribution in [3.8, 4) is 17.2 Å². The number of rotatable bonds is 11. The zero-order valence-corrected chi connectivity index (χ0v) is 21.3. The van der Waals surface area contributed by atoms with Crippen molar-refractivity contribution in [1.82, 2.24) is 9.88 Å². The number of amides is 1. The topological polar surface area (TPSA) is 101 Å². The standard InChI is InChI=1S/C27H27N3O6S/c1-29(26-28-23-5-3-4-6-24(23)37-26)15-16-35-21-9-7-19(8-10-21)17-30(18-25(31)32)27(33)36-22-13-11-20(34-2)12-14-22/h3-14H,15-18H2,1-2H3,(H,31,32). The summed E-state index contributed by atoms with van der Waals surface area (Å²) >= 11 is 1.64. The summed E-state index contributed by atoms with van der Waals surface area (Å²) in [6.07, 6.45) is -0.759. The minimum absolute atomic E-state index is 0.0713. The Kier molecular flexibility index (Phi) is 8.42. The van der Waals surface area contributed by atoms with Crippen molar-refractivity contribution >= 4 is 38.7 Å². The first-order chi connectivity index (χ1) is 17.9. The molecule has 1 amide bonds. The van der Waals surface area contributed by atoms with Gasteiger partial charge in [0.25, 0.3) is 0 Å². The van der Waals surface area contributed by atoms with Gasteiger partial charge in [-0.05, 0) is 54.1 Å². The van der Waals surface area contributed by atoms with Gasteiger partial charge in [-0.25, -0.2) is 9.78 Å². The van der Waals surface area contributed by atoms with Crippen LogP contribution in [-0.4, -0.2) is 60.9 Å². The number of likely N-dealkylation sites (N-methyl/N-ethyl adjacent to an activating group) is 1. The van der Waals surface area contributed by atoms with Crippen molar-refractivity contribution in [2.24, 2.45) is 0 Å². The first kappa shape index (κ1) is 25.8. The number of fused-ring (bicyclic) bond motifs is 1. The highest BCUT2D eigenvalue weighted by Gasteiger charge is 2.20. The number of thiazole rings is 1. The molecule has 0 bridgehead atoms. The number of carbonyl (C=O) groups is 2. The van der Waals surface area contributed by atoms with Crippen LogP contribution in [0.4, 0.5) is 9.93 Å². The van der Waals surface area contributed by atoms with Crippen LogP contribution >= 0.6 is 11.3 Å². The molecule has 0 spiro atoms. The predicted octanol–water partition coefficient (Wildman–Crippen LogP) is 4.91. The first-order valence-electron chi connectivity index (χ1n) is 11.5. The van der Waals surface area contributed by atoms with Gasteiger partial charge >= 0.3 is 12.1 Å². The fourth-order valence-electron chi connectivity index (χ4n) is 3.49. The zero-order chi connectivity index (χ0) is 26.2. The number of methoxy groups -OCH3 is 1.